The zero-order valence-corrected chi connectivity index (χ0v) is 19.1. The molecule has 1 heterocycles. The summed E-state index contributed by atoms with van der Waals surface area (Å²) in [4.78, 5) is 19.1. The number of nitrogens with zero attached hydrogens (tertiary/aromatic N) is 1. The van der Waals surface area contributed by atoms with Crippen molar-refractivity contribution in [2.24, 2.45) is 0 Å². The highest BCUT2D eigenvalue weighted by atomic mass is 35.5. The molecule has 4 aromatic rings. The van der Waals surface area contributed by atoms with Crippen molar-refractivity contribution in [3.8, 4) is 17.0 Å². The first-order valence-electron chi connectivity index (χ1n) is 9.59. The number of fused-ring (bicyclic) bond motifs is 1. The first-order chi connectivity index (χ1) is 14.4. The molecule has 0 aliphatic rings. The van der Waals surface area contributed by atoms with E-state index in [1.807, 2.05) is 67.5 Å². The molecule has 0 saturated carbocycles. The fourth-order valence-corrected chi connectivity index (χ4v) is 4.48. The van der Waals surface area contributed by atoms with Crippen molar-refractivity contribution in [3.63, 3.8) is 0 Å². The summed E-state index contributed by atoms with van der Waals surface area (Å²) < 4.78 is 0. The van der Waals surface area contributed by atoms with Gasteiger partial charge in [0.2, 0.25) is 5.91 Å². The second-order valence-electron chi connectivity index (χ2n) is 7.28. The first kappa shape index (κ1) is 22.6. The maximum atomic E-state index is 11.5. The number of hydrogen-bond donors (Lipinski definition) is 3. The van der Waals surface area contributed by atoms with Crippen LogP contribution < -0.4 is 10.2 Å². The van der Waals surface area contributed by atoms with E-state index in [1.54, 1.807) is 17.8 Å². The summed E-state index contributed by atoms with van der Waals surface area (Å²) in [5.74, 6) is 0.140. The zero-order valence-electron chi connectivity index (χ0n) is 17.5. The van der Waals surface area contributed by atoms with Crippen LogP contribution in [0.3, 0.4) is 0 Å². The van der Waals surface area contributed by atoms with Crippen LogP contribution in [0.5, 0.6) is 5.75 Å². The van der Waals surface area contributed by atoms with Gasteiger partial charge in [-0.2, -0.15) is 0 Å². The Morgan fingerprint density at radius 1 is 1.03 bits per heavy atom. The van der Waals surface area contributed by atoms with Crippen molar-refractivity contribution in [3.05, 3.63) is 66.7 Å². The molecule has 0 saturated heterocycles. The van der Waals surface area contributed by atoms with E-state index in [9.17, 15) is 9.90 Å². The molecule has 1 amide bonds. The summed E-state index contributed by atoms with van der Waals surface area (Å²) in [6.07, 6.45) is 0. The monoisotopic (exact) mass is 453 g/mol. The van der Waals surface area contributed by atoms with Crippen molar-refractivity contribution < 1.29 is 9.90 Å². The van der Waals surface area contributed by atoms with Crippen LogP contribution in [0.2, 0.25) is 0 Å². The lowest BCUT2D eigenvalue weighted by atomic mass is 10.1. The number of amides is 1. The Morgan fingerprint density at radius 3 is 2.45 bits per heavy atom. The predicted molar refractivity (Wildman–Crippen MR) is 132 cm³/mol. The summed E-state index contributed by atoms with van der Waals surface area (Å²) in [7, 11) is 3.81. The molecule has 160 valence electrons. The van der Waals surface area contributed by atoms with Crippen LogP contribution >= 0.6 is 24.2 Å². The molecule has 7 heteroatoms. The lowest BCUT2D eigenvalue weighted by Crippen LogP contribution is -2.08. The fraction of sp³-hybridized carbons (Fsp3) is 0.125. The summed E-state index contributed by atoms with van der Waals surface area (Å²) in [6.45, 7) is 1.51. The van der Waals surface area contributed by atoms with Gasteiger partial charge < -0.3 is 20.3 Å². The number of phenolic OH excluding ortho intramolecular Hbond substituents is 1. The zero-order chi connectivity index (χ0) is 21.3. The molecule has 0 atom stereocenters. The van der Waals surface area contributed by atoms with Gasteiger partial charge in [0.1, 0.15) is 5.75 Å². The van der Waals surface area contributed by atoms with Crippen LogP contribution in [-0.4, -0.2) is 30.1 Å². The summed E-state index contributed by atoms with van der Waals surface area (Å²) in [6, 6.07) is 21.7. The molecule has 1 aromatic heterocycles. The molecule has 4 rings (SSSR count). The number of anilines is 2. The molecule has 0 spiro atoms. The van der Waals surface area contributed by atoms with Gasteiger partial charge in [-0.1, -0.05) is 30.0 Å². The number of halogens is 1. The number of phenols is 1. The maximum absolute atomic E-state index is 11.5. The van der Waals surface area contributed by atoms with E-state index in [0.29, 0.717) is 0 Å². The number of H-pyrrole nitrogens is 1. The van der Waals surface area contributed by atoms with Gasteiger partial charge in [-0.05, 0) is 48.5 Å². The van der Waals surface area contributed by atoms with E-state index < -0.39 is 0 Å². The standard InChI is InChI=1S/C24H23N3O2S.ClH/c1-15(28)25-17-10-11-20-19(14-17)24(30-18-7-5-4-6-8-18)23(26-20)16-9-12-22(29)21(13-16)27(2)3;/h4-14,26,29H,1-3H3,(H,25,28);1H. The number of nitrogens with one attached hydrogen (secondary N) is 2. The second-order valence-corrected chi connectivity index (χ2v) is 8.37. The van der Waals surface area contributed by atoms with E-state index in [0.717, 1.165) is 43.3 Å². The van der Waals surface area contributed by atoms with E-state index >= 15 is 0 Å². The normalized spacial score (nSPS) is 10.5. The predicted octanol–water partition coefficient (Wildman–Crippen LogP) is 6.14. The summed E-state index contributed by atoms with van der Waals surface area (Å²) >= 11 is 1.67. The van der Waals surface area contributed by atoms with Crippen LogP contribution in [0.15, 0.2) is 76.5 Å². The van der Waals surface area contributed by atoms with Crippen molar-refractivity contribution >= 4 is 52.4 Å². The summed E-state index contributed by atoms with van der Waals surface area (Å²) in [5.41, 5.74) is 4.45. The molecule has 0 aliphatic carbocycles. The minimum absolute atomic E-state index is 0. The molecular formula is C24H24ClN3O2S. The first-order valence-corrected chi connectivity index (χ1v) is 10.4. The molecule has 5 nitrogen and oxygen atoms in total. The summed E-state index contributed by atoms with van der Waals surface area (Å²) in [5, 5.41) is 14.1. The third-order valence-corrected chi connectivity index (χ3v) is 5.92. The number of aromatic amines is 1. The Bertz CT molecular complexity index is 1220. The van der Waals surface area contributed by atoms with Crippen LogP contribution in [-0.2, 0) is 4.79 Å². The lowest BCUT2D eigenvalue weighted by Gasteiger charge is -2.15. The second kappa shape index (κ2) is 9.37. The number of benzene rings is 3. The SMILES string of the molecule is CC(=O)Nc1ccc2[nH]c(-c3ccc(O)c(N(C)C)c3)c(Sc3ccccc3)c2c1.Cl. The van der Waals surface area contributed by atoms with E-state index in [2.05, 4.69) is 22.4 Å². The average molecular weight is 454 g/mol. The van der Waals surface area contributed by atoms with Gasteiger partial charge in [-0.15, -0.1) is 12.4 Å². The topological polar surface area (TPSA) is 68.4 Å². The molecule has 0 radical (unpaired) electrons. The smallest absolute Gasteiger partial charge is 0.221 e. The van der Waals surface area contributed by atoms with Crippen molar-refractivity contribution in [2.75, 3.05) is 24.3 Å². The fourth-order valence-electron chi connectivity index (χ4n) is 3.40. The number of carbonyl (C=O) groups is 1. The van der Waals surface area contributed by atoms with E-state index in [1.165, 1.54) is 6.92 Å². The molecule has 3 N–H and O–H groups in total. The van der Waals surface area contributed by atoms with Gasteiger partial charge in [-0.3, -0.25) is 4.79 Å². The lowest BCUT2D eigenvalue weighted by molar-refractivity contribution is -0.114. The Labute approximate surface area is 191 Å². The quantitative estimate of drug-likeness (QED) is 0.339. The van der Waals surface area contributed by atoms with E-state index in [-0.39, 0.29) is 24.1 Å². The van der Waals surface area contributed by atoms with Crippen molar-refractivity contribution in [1.82, 2.24) is 4.98 Å². The number of aromatic nitrogens is 1. The molecule has 31 heavy (non-hydrogen) atoms. The van der Waals surface area contributed by atoms with Crippen LogP contribution in [0.25, 0.3) is 22.2 Å². The Morgan fingerprint density at radius 2 is 1.77 bits per heavy atom. The molecular weight excluding hydrogens is 430 g/mol. The van der Waals surface area contributed by atoms with Crippen LogP contribution in [0.4, 0.5) is 11.4 Å². The van der Waals surface area contributed by atoms with Crippen LogP contribution in [0.1, 0.15) is 6.92 Å². The van der Waals surface area contributed by atoms with Gasteiger partial charge >= 0.3 is 0 Å². The molecule has 0 bridgehead atoms. The van der Waals surface area contributed by atoms with E-state index in [4.69, 9.17) is 0 Å². The largest absolute Gasteiger partial charge is 0.506 e. The Balaban J connectivity index is 0.00000272. The number of aromatic hydroxyl groups is 1. The van der Waals surface area contributed by atoms with Crippen molar-refractivity contribution in [1.29, 1.82) is 0 Å². The van der Waals surface area contributed by atoms with Gasteiger partial charge in [0.25, 0.3) is 0 Å². The molecule has 0 unspecified atom stereocenters. The minimum atomic E-state index is -0.100. The molecule has 0 aliphatic heterocycles. The third-order valence-electron chi connectivity index (χ3n) is 4.78. The molecule has 3 aromatic carbocycles. The highest BCUT2D eigenvalue weighted by Crippen LogP contribution is 2.43. The maximum Gasteiger partial charge on any atom is 0.221 e. The highest BCUT2D eigenvalue weighted by molar-refractivity contribution is 7.99. The minimum Gasteiger partial charge on any atom is -0.506 e. The van der Waals surface area contributed by atoms with Crippen molar-refractivity contribution in [2.45, 2.75) is 16.7 Å². The van der Waals surface area contributed by atoms with Gasteiger partial charge in [0, 0.05) is 53.0 Å². The number of carbonyl (C=O) groups excluding carboxylic acids is 1. The van der Waals surface area contributed by atoms with Crippen LogP contribution in [0, 0.1) is 0 Å². The van der Waals surface area contributed by atoms with Gasteiger partial charge in [0.05, 0.1) is 11.4 Å². The average Bonchev–Trinajstić information content (AvgIpc) is 3.06. The highest BCUT2D eigenvalue weighted by Gasteiger charge is 2.17. The van der Waals surface area contributed by atoms with Gasteiger partial charge in [0.15, 0.2) is 0 Å². The Hall–Kier alpha value is -3.09. The number of rotatable bonds is 5. The molecule has 0 fully saturated rings. The third kappa shape index (κ3) is 4.81. The Kier molecular flexibility index (Phi) is 6.83. The number of hydrogen-bond acceptors (Lipinski definition) is 4. The van der Waals surface area contributed by atoms with Gasteiger partial charge in [-0.25, -0.2) is 0 Å².